The van der Waals surface area contributed by atoms with Crippen LogP contribution in [-0.2, 0) is 4.79 Å². The van der Waals surface area contributed by atoms with Gasteiger partial charge in [0, 0.05) is 17.8 Å². The maximum atomic E-state index is 11.8. The molecule has 0 aliphatic heterocycles. The van der Waals surface area contributed by atoms with E-state index in [1.165, 1.54) is 11.8 Å². The Morgan fingerprint density at radius 3 is 2.70 bits per heavy atom. The lowest BCUT2D eigenvalue weighted by molar-refractivity contribution is -0.118. The Morgan fingerprint density at radius 1 is 1.22 bits per heavy atom. The maximum absolute atomic E-state index is 11.8. The zero-order chi connectivity index (χ0) is 19.4. The van der Waals surface area contributed by atoms with Gasteiger partial charge in [0.1, 0.15) is 5.03 Å². The van der Waals surface area contributed by atoms with Crippen molar-refractivity contribution in [3.05, 3.63) is 36.2 Å². The van der Waals surface area contributed by atoms with Crippen molar-refractivity contribution in [2.45, 2.75) is 18.9 Å². The first-order valence-corrected chi connectivity index (χ1v) is 9.53. The summed E-state index contributed by atoms with van der Waals surface area (Å²) in [6, 6.07) is 7.64. The molecule has 27 heavy (non-hydrogen) atoms. The summed E-state index contributed by atoms with van der Waals surface area (Å²) in [5.41, 5.74) is 3.42. The Hall–Kier alpha value is -2.74. The first kappa shape index (κ1) is 19.0. The molecular weight excluding hydrogens is 364 g/mol. The van der Waals surface area contributed by atoms with E-state index in [2.05, 4.69) is 15.4 Å². The summed E-state index contributed by atoms with van der Waals surface area (Å²) in [7, 11) is 3.21. The average molecular weight is 386 g/mol. The lowest BCUT2D eigenvalue weighted by Gasteiger charge is -2.09. The number of hydrogen-bond donors (Lipinski definition) is 1. The number of rotatable bonds is 7. The highest BCUT2D eigenvalue weighted by molar-refractivity contribution is 7.99. The van der Waals surface area contributed by atoms with E-state index in [4.69, 9.17) is 9.47 Å². The quantitative estimate of drug-likeness (QED) is 0.497. The molecule has 1 aromatic carbocycles. The van der Waals surface area contributed by atoms with Gasteiger partial charge in [-0.05, 0) is 37.6 Å². The predicted octanol–water partition coefficient (Wildman–Crippen LogP) is 2.95. The number of nitrogens with zero attached hydrogens (tertiary/aromatic N) is 3. The van der Waals surface area contributed by atoms with Gasteiger partial charge >= 0.3 is 0 Å². The molecule has 0 saturated carbocycles. The molecule has 3 rings (SSSR count). The van der Waals surface area contributed by atoms with E-state index in [9.17, 15) is 4.79 Å². The lowest BCUT2D eigenvalue weighted by atomic mass is 10.1. The zero-order valence-electron chi connectivity index (χ0n) is 15.8. The van der Waals surface area contributed by atoms with Crippen molar-refractivity contribution in [1.82, 2.24) is 19.9 Å². The predicted molar refractivity (Wildman–Crippen MR) is 106 cm³/mol. The SMILES string of the molecule is CCNC(=O)CSc1cc(C)nc2c(-c3ccc(OC)c(OC)c3)cnn12. The van der Waals surface area contributed by atoms with Gasteiger partial charge < -0.3 is 14.8 Å². The molecule has 0 aliphatic carbocycles. The standard InChI is InChI=1S/C19H22N4O3S/c1-5-20-17(24)11-27-18-8-12(2)22-19-14(10-21-23(18)19)13-6-7-15(25-3)16(9-13)26-4/h6-10H,5,11H2,1-4H3,(H,20,24). The number of thioether (sulfide) groups is 1. The minimum atomic E-state index is -0.00242. The number of aryl methyl sites for hydroxylation is 1. The molecular formula is C19H22N4O3S. The highest BCUT2D eigenvalue weighted by Crippen LogP contribution is 2.34. The summed E-state index contributed by atoms with van der Waals surface area (Å²) >= 11 is 1.44. The van der Waals surface area contributed by atoms with Crippen LogP contribution < -0.4 is 14.8 Å². The van der Waals surface area contributed by atoms with Crippen LogP contribution in [0.3, 0.4) is 0 Å². The molecule has 0 atom stereocenters. The fourth-order valence-electron chi connectivity index (χ4n) is 2.75. The van der Waals surface area contributed by atoms with Crippen LogP contribution in [0.5, 0.6) is 11.5 Å². The van der Waals surface area contributed by atoms with Gasteiger partial charge in [0.05, 0.1) is 26.2 Å². The van der Waals surface area contributed by atoms with Gasteiger partial charge in [-0.3, -0.25) is 4.79 Å². The first-order valence-electron chi connectivity index (χ1n) is 8.54. The molecule has 0 fully saturated rings. The molecule has 7 nitrogen and oxygen atoms in total. The molecule has 0 radical (unpaired) electrons. The minimum Gasteiger partial charge on any atom is -0.493 e. The Balaban J connectivity index is 2.00. The number of nitrogens with one attached hydrogen (secondary N) is 1. The highest BCUT2D eigenvalue weighted by Gasteiger charge is 2.15. The summed E-state index contributed by atoms with van der Waals surface area (Å²) in [5, 5.41) is 8.16. The van der Waals surface area contributed by atoms with E-state index in [1.54, 1.807) is 24.9 Å². The molecule has 0 spiro atoms. The molecule has 1 N–H and O–H groups in total. The summed E-state index contributed by atoms with van der Waals surface area (Å²) in [6.07, 6.45) is 1.78. The minimum absolute atomic E-state index is 0.00242. The van der Waals surface area contributed by atoms with Crippen molar-refractivity contribution >= 4 is 23.3 Å². The van der Waals surface area contributed by atoms with E-state index in [-0.39, 0.29) is 5.91 Å². The highest BCUT2D eigenvalue weighted by atomic mass is 32.2. The second-order valence-corrected chi connectivity index (χ2v) is 6.84. The Kier molecular flexibility index (Phi) is 5.85. The number of benzene rings is 1. The Bertz CT molecular complexity index is 971. The van der Waals surface area contributed by atoms with Gasteiger partial charge in [-0.15, -0.1) is 0 Å². The van der Waals surface area contributed by atoms with E-state index < -0.39 is 0 Å². The van der Waals surface area contributed by atoms with E-state index in [0.29, 0.717) is 23.8 Å². The number of fused-ring (bicyclic) bond motifs is 1. The third kappa shape index (κ3) is 4.00. The molecule has 2 heterocycles. The van der Waals surface area contributed by atoms with Crippen LogP contribution in [0.15, 0.2) is 35.5 Å². The number of carbonyl (C=O) groups excluding carboxylic acids is 1. The molecule has 8 heteroatoms. The van der Waals surface area contributed by atoms with Crippen molar-refractivity contribution in [1.29, 1.82) is 0 Å². The second-order valence-electron chi connectivity index (χ2n) is 5.84. The van der Waals surface area contributed by atoms with Crippen LogP contribution >= 0.6 is 11.8 Å². The molecule has 1 amide bonds. The van der Waals surface area contributed by atoms with Gasteiger partial charge in [0.25, 0.3) is 0 Å². The maximum Gasteiger partial charge on any atom is 0.230 e. The van der Waals surface area contributed by atoms with Crippen molar-refractivity contribution in [3.63, 3.8) is 0 Å². The molecule has 2 aromatic heterocycles. The average Bonchev–Trinajstić information content (AvgIpc) is 3.09. The van der Waals surface area contributed by atoms with Crippen LogP contribution in [0.4, 0.5) is 0 Å². The molecule has 0 aliphatic rings. The third-order valence-electron chi connectivity index (χ3n) is 3.99. The van der Waals surface area contributed by atoms with Crippen LogP contribution in [0.2, 0.25) is 0 Å². The largest absolute Gasteiger partial charge is 0.493 e. The second kappa shape index (κ2) is 8.30. The normalized spacial score (nSPS) is 10.8. The van der Waals surface area contributed by atoms with E-state index in [0.717, 1.165) is 27.5 Å². The molecule has 0 saturated heterocycles. The van der Waals surface area contributed by atoms with Crippen LogP contribution in [-0.4, -0.2) is 47.0 Å². The van der Waals surface area contributed by atoms with Crippen molar-refractivity contribution in [3.8, 4) is 22.6 Å². The third-order valence-corrected chi connectivity index (χ3v) is 4.98. The summed E-state index contributed by atoms with van der Waals surface area (Å²) < 4.78 is 12.5. The van der Waals surface area contributed by atoms with Crippen molar-refractivity contribution in [2.24, 2.45) is 0 Å². The van der Waals surface area contributed by atoms with Crippen LogP contribution in [0.25, 0.3) is 16.8 Å². The molecule has 142 valence electrons. The fraction of sp³-hybridized carbons (Fsp3) is 0.316. The van der Waals surface area contributed by atoms with Crippen molar-refractivity contribution in [2.75, 3.05) is 26.5 Å². The number of methoxy groups -OCH3 is 2. The Labute approximate surface area is 162 Å². The molecule has 3 aromatic rings. The Morgan fingerprint density at radius 2 is 2.00 bits per heavy atom. The number of carbonyl (C=O) groups is 1. The smallest absolute Gasteiger partial charge is 0.230 e. The number of ether oxygens (including phenoxy) is 2. The van der Waals surface area contributed by atoms with Gasteiger partial charge in [-0.25, -0.2) is 9.50 Å². The monoisotopic (exact) mass is 386 g/mol. The van der Waals surface area contributed by atoms with Crippen LogP contribution in [0.1, 0.15) is 12.6 Å². The zero-order valence-corrected chi connectivity index (χ0v) is 16.6. The van der Waals surface area contributed by atoms with E-state index >= 15 is 0 Å². The summed E-state index contributed by atoms with van der Waals surface area (Å²) in [5.74, 6) is 1.64. The number of aromatic nitrogens is 3. The molecule has 0 unspecified atom stereocenters. The van der Waals surface area contributed by atoms with Gasteiger partial charge in [0.15, 0.2) is 17.1 Å². The number of hydrogen-bond acceptors (Lipinski definition) is 6. The van der Waals surface area contributed by atoms with Gasteiger partial charge in [-0.2, -0.15) is 5.10 Å². The number of amides is 1. The van der Waals surface area contributed by atoms with Gasteiger partial charge in [0.2, 0.25) is 5.91 Å². The first-order chi connectivity index (χ1) is 13.1. The van der Waals surface area contributed by atoms with Gasteiger partial charge in [-0.1, -0.05) is 17.8 Å². The lowest BCUT2D eigenvalue weighted by Crippen LogP contribution is -2.24. The summed E-state index contributed by atoms with van der Waals surface area (Å²) in [4.78, 5) is 16.4. The van der Waals surface area contributed by atoms with Crippen LogP contribution in [0, 0.1) is 6.92 Å². The van der Waals surface area contributed by atoms with Crippen molar-refractivity contribution < 1.29 is 14.3 Å². The van der Waals surface area contributed by atoms with E-state index in [1.807, 2.05) is 38.1 Å². The fourth-order valence-corrected chi connectivity index (χ4v) is 3.64. The summed E-state index contributed by atoms with van der Waals surface area (Å²) in [6.45, 7) is 4.46. The topological polar surface area (TPSA) is 77.8 Å². The molecule has 0 bridgehead atoms.